The average molecular weight is 293 g/mol. The molecule has 110 valence electrons. The maximum Gasteiger partial charge on any atom is 0.125 e. The Hall–Kier alpha value is -0.870. The van der Waals surface area contributed by atoms with Gasteiger partial charge in [-0.2, -0.15) is 11.8 Å². The molecule has 0 saturated carbocycles. The summed E-state index contributed by atoms with van der Waals surface area (Å²) in [6, 6.07) is 6.50. The van der Waals surface area contributed by atoms with Crippen LogP contribution < -0.4 is 14.8 Å². The highest BCUT2D eigenvalue weighted by Gasteiger charge is 2.46. The van der Waals surface area contributed by atoms with Crippen molar-refractivity contribution in [2.24, 2.45) is 0 Å². The number of fused-ring (bicyclic) bond motifs is 1. The fraction of sp³-hybridized carbons (Fsp3) is 0.625. The van der Waals surface area contributed by atoms with Crippen LogP contribution in [0.5, 0.6) is 11.5 Å². The monoisotopic (exact) mass is 293 g/mol. The van der Waals surface area contributed by atoms with E-state index in [2.05, 4.69) is 24.4 Å². The third kappa shape index (κ3) is 2.29. The fourth-order valence-electron chi connectivity index (χ4n) is 3.38. The van der Waals surface area contributed by atoms with Gasteiger partial charge in [0.2, 0.25) is 0 Å². The molecule has 3 nitrogen and oxygen atoms in total. The summed E-state index contributed by atoms with van der Waals surface area (Å²) in [5.41, 5.74) is 1.21. The zero-order valence-corrected chi connectivity index (χ0v) is 13.3. The maximum atomic E-state index is 6.49. The van der Waals surface area contributed by atoms with Crippen molar-refractivity contribution in [1.29, 1.82) is 0 Å². The Morgan fingerprint density at radius 2 is 2.30 bits per heavy atom. The van der Waals surface area contributed by atoms with Gasteiger partial charge in [0.25, 0.3) is 0 Å². The number of nitrogens with one attached hydrogen (secondary N) is 1. The normalized spacial score (nSPS) is 32.5. The molecular weight excluding hydrogens is 270 g/mol. The summed E-state index contributed by atoms with van der Waals surface area (Å²) in [4.78, 5) is 0. The van der Waals surface area contributed by atoms with Gasteiger partial charge < -0.3 is 14.8 Å². The third-order valence-electron chi connectivity index (χ3n) is 4.66. The Balaban J connectivity index is 1.98. The van der Waals surface area contributed by atoms with Gasteiger partial charge in [-0.05, 0) is 50.8 Å². The largest absolute Gasteiger partial charge is 0.497 e. The summed E-state index contributed by atoms with van der Waals surface area (Å²) in [5.74, 6) is 3.17. The van der Waals surface area contributed by atoms with Crippen molar-refractivity contribution in [3.63, 3.8) is 0 Å². The van der Waals surface area contributed by atoms with E-state index >= 15 is 0 Å². The van der Waals surface area contributed by atoms with Crippen LogP contribution in [0, 0.1) is 0 Å². The highest BCUT2D eigenvalue weighted by Crippen LogP contribution is 2.48. The van der Waals surface area contributed by atoms with Gasteiger partial charge in [-0.15, -0.1) is 0 Å². The fourth-order valence-corrected chi connectivity index (χ4v) is 4.61. The van der Waals surface area contributed by atoms with Gasteiger partial charge in [0, 0.05) is 23.3 Å². The molecule has 2 heterocycles. The van der Waals surface area contributed by atoms with Gasteiger partial charge in [-0.25, -0.2) is 0 Å². The first-order valence-corrected chi connectivity index (χ1v) is 8.39. The lowest BCUT2D eigenvalue weighted by Crippen LogP contribution is -2.51. The maximum absolute atomic E-state index is 6.49. The van der Waals surface area contributed by atoms with Gasteiger partial charge in [-0.1, -0.05) is 0 Å². The van der Waals surface area contributed by atoms with Crippen LogP contribution in [0.15, 0.2) is 18.2 Å². The molecule has 3 unspecified atom stereocenters. The van der Waals surface area contributed by atoms with Crippen LogP contribution in [0.3, 0.4) is 0 Å². The van der Waals surface area contributed by atoms with Crippen LogP contribution in [0.25, 0.3) is 0 Å². The molecule has 0 aromatic heterocycles. The van der Waals surface area contributed by atoms with Crippen LogP contribution in [-0.4, -0.2) is 30.8 Å². The van der Waals surface area contributed by atoms with Gasteiger partial charge >= 0.3 is 0 Å². The predicted molar refractivity (Wildman–Crippen MR) is 83.9 cm³/mol. The molecule has 1 saturated heterocycles. The summed E-state index contributed by atoms with van der Waals surface area (Å²) >= 11 is 2.04. The van der Waals surface area contributed by atoms with E-state index in [9.17, 15) is 0 Å². The summed E-state index contributed by atoms with van der Waals surface area (Å²) < 4.78 is 11.8. The van der Waals surface area contributed by atoms with Crippen molar-refractivity contribution in [3.05, 3.63) is 23.8 Å². The lowest BCUT2D eigenvalue weighted by Gasteiger charge is -2.47. The van der Waals surface area contributed by atoms with E-state index in [1.54, 1.807) is 7.11 Å². The van der Waals surface area contributed by atoms with Crippen LogP contribution in [-0.2, 0) is 0 Å². The second-order valence-electron chi connectivity index (χ2n) is 5.73. The lowest BCUT2D eigenvalue weighted by molar-refractivity contribution is 0.0212. The van der Waals surface area contributed by atoms with E-state index in [0.29, 0.717) is 11.3 Å². The molecule has 2 aliphatic rings. The minimum absolute atomic E-state index is 0.0157. The van der Waals surface area contributed by atoms with E-state index in [0.717, 1.165) is 24.3 Å². The first kappa shape index (κ1) is 14.1. The SMILES string of the molecule is CNC1CC2(CCCSC2C)Oc2ccc(OC)cc21. The first-order valence-electron chi connectivity index (χ1n) is 7.34. The quantitative estimate of drug-likeness (QED) is 0.905. The van der Waals surface area contributed by atoms with Crippen molar-refractivity contribution < 1.29 is 9.47 Å². The zero-order valence-electron chi connectivity index (χ0n) is 12.4. The molecule has 0 aliphatic carbocycles. The second kappa shape index (κ2) is 5.49. The molecule has 0 radical (unpaired) electrons. The molecule has 4 heteroatoms. The van der Waals surface area contributed by atoms with Crippen LogP contribution in [0.1, 0.15) is 37.8 Å². The Morgan fingerprint density at radius 3 is 3.00 bits per heavy atom. The average Bonchev–Trinajstić information content (AvgIpc) is 2.49. The first-order chi connectivity index (χ1) is 9.68. The summed E-state index contributed by atoms with van der Waals surface area (Å²) in [5, 5.41) is 4.00. The number of hydrogen-bond donors (Lipinski definition) is 1. The van der Waals surface area contributed by atoms with Crippen molar-refractivity contribution in [2.75, 3.05) is 19.9 Å². The molecule has 1 spiro atoms. The number of benzene rings is 1. The minimum Gasteiger partial charge on any atom is -0.497 e. The van der Waals surface area contributed by atoms with Crippen molar-refractivity contribution in [2.45, 2.75) is 43.1 Å². The summed E-state index contributed by atoms with van der Waals surface area (Å²) in [6.45, 7) is 2.31. The number of rotatable bonds is 2. The lowest BCUT2D eigenvalue weighted by atomic mass is 9.81. The predicted octanol–water partition coefficient (Wildman–Crippen LogP) is 3.39. The van der Waals surface area contributed by atoms with Crippen LogP contribution >= 0.6 is 11.8 Å². The molecule has 2 aliphatic heterocycles. The van der Waals surface area contributed by atoms with Gasteiger partial charge in [0.05, 0.1) is 7.11 Å². The third-order valence-corrected chi connectivity index (χ3v) is 6.11. The molecule has 0 bridgehead atoms. The van der Waals surface area contributed by atoms with Gasteiger partial charge in [0.1, 0.15) is 17.1 Å². The van der Waals surface area contributed by atoms with E-state index in [4.69, 9.17) is 9.47 Å². The highest BCUT2D eigenvalue weighted by atomic mass is 32.2. The highest BCUT2D eigenvalue weighted by molar-refractivity contribution is 8.00. The molecule has 3 atom stereocenters. The zero-order chi connectivity index (χ0) is 14.2. The van der Waals surface area contributed by atoms with Crippen molar-refractivity contribution in [1.82, 2.24) is 5.32 Å². The number of hydrogen-bond acceptors (Lipinski definition) is 4. The molecule has 1 aromatic rings. The summed E-state index contributed by atoms with van der Waals surface area (Å²) in [7, 11) is 3.74. The second-order valence-corrected chi connectivity index (χ2v) is 7.18. The Bertz CT molecular complexity index is 493. The van der Waals surface area contributed by atoms with E-state index < -0.39 is 0 Å². The van der Waals surface area contributed by atoms with Crippen molar-refractivity contribution >= 4 is 11.8 Å². The molecule has 3 rings (SSSR count). The molecule has 1 N–H and O–H groups in total. The van der Waals surface area contributed by atoms with Crippen LogP contribution in [0.2, 0.25) is 0 Å². The molecule has 1 aromatic carbocycles. The number of methoxy groups -OCH3 is 1. The molecule has 1 fully saturated rings. The van der Waals surface area contributed by atoms with Crippen LogP contribution in [0.4, 0.5) is 0 Å². The molecular formula is C16H23NO2S. The van der Waals surface area contributed by atoms with E-state index in [-0.39, 0.29) is 5.60 Å². The number of thioether (sulfide) groups is 1. The Kier molecular flexibility index (Phi) is 3.87. The van der Waals surface area contributed by atoms with E-state index in [1.165, 1.54) is 17.7 Å². The molecule has 20 heavy (non-hydrogen) atoms. The van der Waals surface area contributed by atoms with Gasteiger partial charge in [0.15, 0.2) is 0 Å². The van der Waals surface area contributed by atoms with Gasteiger partial charge in [-0.3, -0.25) is 0 Å². The smallest absolute Gasteiger partial charge is 0.125 e. The van der Waals surface area contributed by atoms with E-state index in [1.807, 2.05) is 24.9 Å². The van der Waals surface area contributed by atoms with Crippen molar-refractivity contribution in [3.8, 4) is 11.5 Å². The topological polar surface area (TPSA) is 30.5 Å². The number of ether oxygens (including phenoxy) is 2. The standard InChI is InChI=1S/C16H23NO2S/c1-11-16(7-4-8-20-11)10-14(17-2)13-9-12(18-3)5-6-15(13)19-16/h5-6,9,11,14,17H,4,7-8,10H2,1-3H3. The Labute approximate surface area is 125 Å². The summed E-state index contributed by atoms with van der Waals surface area (Å²) in [6.07, 6.45) is 3.44. The Morgan fingerprint density at radius 1 is 1.45 bits per heavy atom. The minimum atomic E-state index is -0.0157. The molecule has 0 amide bonds.